The van der Waals surface area contributed by atoms with Crippen molar-refractivity contribution in [2.75, 3.05) is 13.1 Å². The van der Waals surface area contributed by atoms with E-state index in [0.29, 0.717) is 22.1 Å². The minimum atomic E-state index is -0.300. The fourth-order valence-electron chi connectivity index (χ4n) is 3.53. The van der Waals surface area contributed by atoms with Crippen LogP contribution in [0.2, 0.25) is 0 Å². The van der Waals surface area contributed by atoms with Gasteiger partial charge in [0.15, 0.2) is 0 Å². The van der Waals surface area contributed by atoms with Gasteiger partial charge in [-0.1, -0.05) is 19.1 Å². The second-order valence-electron chi connectivity index (χ2n) is 6.78. The maximum Gasteiger partial charge on any atom is 0.264 e. The third-order valence-corrected chi connectivity index (χ3v) is 5.99. The van der Waals surface area contributed by atoms with E-state index in [2.05, 4.69) is 12.0 Å². The van der Waals surface area contributed by atoms with Crippen LogP contribution in [0, 0.1) is 11.7 Å². The number of rotatable bonds is 2. The molecule has 1 amide bonds. The molecule has 4 nitrogen and oxygen atoms in total. The predicted molar refractivity (Wildman–Crippen MR) is 98.3 cm³/mol. The molecule has 0 saturated carbocycles. The molecule has 0 aliphatic carbocycles. The highest BCUT2D eigenvalue weighted by atomic mass is 32.1. The number of aryl methyl sites for hydroxylation is 1. The molecule has 1 aliphatic rings. The van der Waals surface area contributed by atoms with Crippen molar-refractivity contribution in [1.29, 1.82) is 0 Å². The van der Waals surface area contributed by atoms with Crippen LogP contribution in [0.1, 0.15) is 29.4 Å². The van der Waals surface area contributed by atoms with E-state index < -0.39 is 0 Å². The Morgan fingerprint density at radius 1 is 1.36 bits per heavy atom. The molecule has 2 aromatic heterocycles. The lowest BCUT2D eigenvalue weighted by atomic mass is 10.0. The van der Waals surface area contributed by atoms with E-state index in [4.69, 9.17) is 0 Å². The molecule has 130 valence electrons. The molecule has 1 aliphatic heterocycles. The van der Waals surface area contributed by atoms with Crippen molar-refractivity contribution in [2.24, 2.45) is 13.0 Å². The average molecular weight is 357 g/mol. The van der Waals surface area contributed by atoms with Crippen molar-refractivity contribution < 1.29 is 9.18 Å². The first-order valence-corrected chi connectivity index (χ1v) is 9.37. The normalized spacial score (nSPS) is 18.0. The van der Waals surface area contributed by atoms with Crippen LogP contribution in [0.3, 0.4) is 0 Å². The number of hydrogen-bond donors (Lipinski definition) is 0. The number of halogens is 1. The summed E-state index contributed by atoms with van der Waals surface area (Å²) in [6.07, 6.45) is 2.23. The largest absolute Gasteiger partial charge is 0.338 e. The number of likely N-dealkylation sites (tertiary alicyclic amines) is 1. The van der Waals surface area contributed by atoms with Crippen LogP contribution in [0.4, 0.5) is 4.39 Å². The summed E-state index contributed by atoms with van der Waals surface area (Å²) in [5.74, 6) is 0.321. The summed E-state index contributed by atoms with van der Waals surface area (Å²) in [5, 5.41) is 5.31. The number of piperidine rings is 1. The van der Waals surface area contributed by atoms with Gasteiger partial charge in [0, 0.05) is 31.1 Å². The zero-order valence-electron chi connectivity index (χ0n) is 14.3. The van der Waals surface area contributed by atoms with Crippen LogP contribution < -0.4 is 0 Å². The minimum absolute atomic E-state index is 0.0761. The van der Waals surface area contributed by atoms with E-state index in [1.807, 2.05) is 18.0 Å². The third-order valence-electron chi connectivity index (χ3n) is 4.80. The Balaban J connectivity index is 1.75. The van der Waals surface area contributed by atoms with Crippen molar-refractivity contribution in [3.8, 4) is 11.3 Å². The summed E-state index contributed by atoms with van der Waals surface area (Å²) in [6, 6.07) is 8.49. The number of amides is 1. The van der Waals surface area contributed by atoms with Gasteiger partial charge in [0.2, 0.25) is 0 Å². The van der Waals surface area contributed by atoms with Gasteiger partial charge in [-0.15, -0.1) is 11.3 Å². The zero-order valence-corrected chi connectivity index (χ0v) is 15.1. The number of thiophene rings is 1. The molecule has 0 N–H and O–H groups in total. The second-order valence-corrected chi connectivity index (χ2v) is 7.81. The average Bonchev–Trinajstić information content (AvgIpc) is 3.16. The molecule has 0 bridgehead atoms. The van der Waals surface area contributed by atoms with Gasteiger partial charge in [0.25, 0.3) is 5.91 Å². The molecule has 1 fully saturated rings. The van der Waals surface area contributed by atoms with Crippen molar-refractivity contribution >= 4 is 27.5 Å². The lowest BCUT2D eigenvalue weighted by molar-refractivity contribution is 0.0688. The first-order chi connectivity index (χ1) is 12.0. The predicted octanol–water partition coefficient (Wildman–Crippen LogP) is 4.31. The van der Waals surface area contributed by atoms with Gasteiger partial charge in [-0.3, -0.25) is 9.48 Å². The molecule has 1 aromatic carbocycles. The maximum atomic E-state index is 14.2. The van der Waals surface area contributed by atoms with Crippen LogP contribution in [-0.4, -0.2) is 33.7 Å². The standard InChI is InChI=1S/C19H20FN3OS/c1-12-6-5-9-23(11-12)18(24)16-10-14-17(21-22(2)19(14)25-16)13-7-3-4-8-15(13)20/h3-4,7-8,10,12H,5-6,9,11H2,1-2H3. The van der Waals surface area contributed by atoms with Gasteiger partial charge in [-0.2, -0.15) is 5.10 Å². The van der Waals surface area contributed by atoms with E-state index in [-0.39, 0.29) is 11.7 Å². The Labute approximate surface area is 149 Å². The summed E-state index contributed by atoms with van der Waals surface area (Å²) >= 11 is 1.44. The zero-order chi connectivity index (χ0) is 17.6. The maximum absolute atomic E-state index is 14.2. The van der Waals surface area contributed by atoms with E-state index in [9.17, 15) is 9.18 Å². The monoisotopic (exact) mass is 357 g/mol. The fourth-order valence-corrected chi connectivity index (χ4v) is 4.57. The summed E-state index contributed by atoms with van der Waals surface area (Å²) in [6.45, 7) is 3.81. The number of aromatic nitrogens is 2. The van der Waals surface area contributed by atoms with Crippen LogP contribution in [0.5, 0.6) is 0 Å². The molecule has 0 spiro atoms. The Hall–Kier alpha value is -2.21. The van der Waals surface area contributed by atoms with E-state index >= 15 is 0 Å². The first-order valence-electron chi connectivity index (χ1n) is 8.55. The van der Waals surface area contributed by atoms with Gasteiger partial charge in [0.1, 0.15) is 16.3 Å². The molecule has 1 saturated heterocycles. The Morgan fingerprint density at radius 2 is 2.16 bits per heavy atom. The van der Waals surface area contributed by atoms with Crippen molar-refractivity contribution in [3.05, 3.63) is 41.0 Å². The van der Waals surface area contributed by atoms with E-state index in [1.165, 1.54) is 23.8 Å². The van der Waals surface area contributed by atoms with E-state index in [0.717, 1.165) is 29.7 Å². The molecular formula is C19H20FN3OS. The summed E-state index contributed by atoms with van der Waals surface area (Å²) in [5.41, 5.74) is 1.06. The van der Waals surface area contributed by atoms with Gasteiger partial charge in [0.05, 0.1) is 4.88 Å². The lowest BCUT2D eigenvalue weighted by Crippen LogP contribution is -2.38. The highest BCUT2D eigenvalue weighted by Crippen LogP contribution is 2.35. The number of carbonyl (C=O) groups is 1. The van der Waals surface area contributed by atoms with Crippen LogP contribution in [0.15, 0.2) is 30.3 Å². The highest BCUT2D eigenvalue weighted by molar-refractivity contribution is 7.20. The van der Waals surface area contributed by atoms with E-state index in [1.54, 1.807) is 22.9 Å². The number of fused-ring (bicyclic) bond motifs is 1. The Bertz CT molecular complexity index is 945. The second kappa shape index (κ2) is 6.26. The van der Waals surface area contributed by atoms with Gasteiger partial charge in [-0.25, -0.2) is 4.39 Å². The quantitative estimate of drug-likeness (QED) is 0.685. The molecule has 1 unspecified atom stereocenters. The van der Waals surface area contributed by atoms with Crippen LogP contribution in [-0.2, 0) is 7.05 Å². The topological polar surface area (TPSA) is 38.1 Å². The minimum Gasteiger partial charge on any atom is -0.338 e. The Morgan fingerprint density at radius 3 is 2.92 bits per heavy atom. The molecule has 4 rings (SSSR count). The van der Waals surface area contributed by atoms with Gasteiger partial charge in [-0.05, 0) is 37.0 Å². The first kappa shape index (κ1) is 16.3. The number of carbonyl (C=O) groups excluding carboxylic acids is 1. The summed E-state index contributed by atoms with van der Waals surface area (Å²) in [7, 11) is 1.83. The molecule has 3 heterocycles. The van der Waals surface area contributed by atoms with Crippen LogP contribution >= 0.6 is 11.3 Å². The van der Waals surface area contributed by atoms with Crippen molar-refractivity contribution in [1.82, 2.24) is 14.7 Å². The lowest BCUT2D eigenvalue weighted by Gasteiger charge is -2.30. The van der Waals surface area contributed by atoms with Crippen molar-refractivity contribution in [3.63, 3.8) is 0 Å². The van der Waals surface area contributed by atoms with Gasteiger partial charge < -0.3 is 4.90 Å². The molecule has 0 radical (unpaired) electrons. The number of hydrogen-bond acceptors (Lipinski definition) is 3. The van der Waals surface area contributed by atoms with Crippen LogP contribution in [0.25, 0.3) is 21.5 Å². The smallest absolute Gasteiger partial charge is 0.264 e. The summed E-state index contributed by atoms with van der Waals surface area (Å²) < 4.78 is 15.9. The van der Waals surface area contributed by atoms with Crippen molar-refractivity contribution in [2.45, 2.75) is 19.8 Å². The fraction of sp³-hybridized carbons (Fsp3) is 0.368. The Kier molecular flexibility index (Phi) is 4.07. The van der Waals surface area contributed by atoms with Gasteiger partial charge >= 0.3 is 0 Å². The molecule has 1 atom stereocenters. The molecule has 6 heteroatoms. The SMILES string of the molecule is CC1CCCN(C(=O)c2cc3c(-c4ccccc4F)nn(C)c3s2)C1. The highest BCUT2D eigenvalue weighted by Gasteiger charge is 2.25. The molecular weight excluding hydrogens is 337 g/mol. The summed E-state index contributed by atoms with van der Waals surface area (Å²) in [4.78, 5) is 16.4. The molecule has 25 heavy (non-hydrogen) atoms. The third kappa shape index (κ3) is 2.84. The number of nitrogens with zero attached hydrogens (tertiary/aromatic N) is 3. The number of benzene rings is 1. The molecule has 3 aromatic rings.